The number of ether oxygens (including phenoxy) is 2. The fourth-order valence-electron chi connectivity index (χ4n) is 3.04. The number of likely N-dealkylation sites (tertiary alicyclic amines) is 1. The highest BCUT2D eigenvalue weighted by Gasteiger charge is 2.44. The van der Waals surface area contributed by atoms with Gasteiger partial charge in [-0.15, -0.1) is 0 Å². The highest BCUT2D eigenvalue weighted by molar-refractivity contribution is 5.87. The fraction of sp³-hybridized carbons (Fsp3) is 0.467. The predicted octanol–water partition coefficient (Wildman–Crippen LogP) is 1.45. The molecule has 1 aromatic carbocycles. The zero-order valence-electron chi connectivity index (χ0n) is 11.7. The highest BCUT2D eigenvalue weighted by atomic mass is 16.6. The van der Waals surface area contributed by atoms with Gasteiger partial charge in [-0.2, -0.15) is 0 Å². The monoisotopic (exact) mass is 291 g/mol. The third-order valence-corrected chi connectivity index (χ3v) is 4.00. The molecule has 0 bridgehead atoms. The normalized spacial score (nSPS) is 24.2. The van der Waals surface area contributed by atoms with Crippen LogP contribution in [0.15, 0.2) is 18.2 Å². The summed E-state index contributed by atoms with van der Waals surface area (Å²) in [6.45, 7) is 3.32. The minimum Gasteiger partial charge on any atom is -0.486 e. The molecule has 0 aromatic heterocycles. The molecule has 6 heteroatoms. The van der Waals surface area contributed by atoms with Crippen LogP contribution in [0, 0.1) is 5.92 Å². The van der Waals surface area contributed by atoms with Gasteiger partial charge in [0.25, 0.3) is 0 Å². The number of carbonyl (C=O) groups is 2. The molecule has 6 nitrogen and oxygen atoms in total. The van der Waals surface area contributed by atoms with Gasteiger partial charge in [0.2, 0.25) is 5.91 Å². The number of amides is 1. The van der Waals surface area contributed by atoms with E-state index in [1.54, 1.807) is 17.0 Å². The molecule has 0 saturated carbocycles. The Bertz CT molecular complexity index is 585. The van der Waals surface area contributed by atoms with E-state index in [4.69, 9.17) is 9.47 Å². The molecular weight excluding hydrogens is 274 g/mol. The van der Waals surface area contributed by atoms with Crippen LogP contribution in [0.2, 0.25) is 0 Å². The summed E-state index contributed by atoms with van der Waals surface area (Å²) in [6.07, 6.45) is 0.0439. The summed E-state index contributed by atoms with van der Waals surface area (Å²) in [5.74, 6) is -0.522. The molecule has 1 amide bonds. The fourth-order valence-corrected chi connectivity index (χ4v) is 3.04. The van der Waals surface area contributed by atoms with Gasteiger partial charge in [0.1, 0.15) is 13.2 Å². The average Bonchev–Trinajstić information content (AvgIpc) is 2.83. The van der Waals surface area contributed by atoms with Crippen LogP contribution in [0.1, 0.15) is 24.9 Å². The Hall–Kier alpha value is -2.24. The Morgan fingerprint density at radius 3 is 2.71 bits per heavy atom. The first kappa shape index (κ1) is 13.7. The van der Waals surface area contributed by atoms with E-state index in [9.17, 15) is 14.7 Å². The van der Waals surface area contributed by atoms with Crippen molar-refractivity contribution in [3.05, 3.63) is 23.8 Å². The van der Waals surface area contributed by atoms with E-state index in [1.807, 2.05) is 13.0 Å². The van der Waals surface area contributed by atoms with Crippen molar-refractivity contribution in [2.75, 3.05) is 19.8 Å². The SMILES string of the molecule is CCN1C(=O)CC(C(=O)O)C1c1ccc2c(c1)OCCO2. The van der Waals surface area contributed by atoms with Gasteiger partial charge >= 0.3 is 5.97 Å². The van der Waals surface area contributed by atoms with Gasteiger partial charge in [-0.05, 0) is 24.6 Å². The van der Waals surface area contributed by atoms with Gasteiger partial charge < -0.3 is 19.5 Å². The first-order chi connectivity index (χ1) is 10.1. The van der Waals surface area contributed by atoms with Crippen LogP contribution >= 0.6 is 0 Å². The molecule has 2 atom stereocenters. The standard InChI is InChI=1S/C15H17NO5/c1-2-16-13(17)8-10(15(18)19)14(16)9-3-4-11-12(7-9)21-6-5-20-11/h3-4,7,10,14H,2,5-6,8H2,1H3,(H,18,19). The summed E-state index contributed by atoms with van der Waals surface area (Å²) in [4.78, 5) is 25.1. The Balaban J connectivity index is 1.99. The number of hydrogen-bond donors (Lipinski definition) is 1. The van der Waals surface area contributed by atoms with E-state index < -0.39 is 17.9 Å². The molecule has 21 heavy (non-hydrogen) atoms. The van der Waals surface area contributed by atoms with Gasteiger partial charge in [0, 0.05) is 13.0 Å². The quantitative estimate of drug-likeness (QED) is 0.912. The van der Waals surface area contributed by atoms with E-state index >= 15 is 0 Å². The Labute approximate surface area is 122 Å². The summed E-state index contributed by atoms with van der Waals surface area (Å²) in [7, 11) is 0. The Kier molecular flexibility index (Phi) is 3.45. The van der Waals surface area contributed by atoms with Gasteiger partial charge in [-0.1, -0.05) is 6.07 Å². The third-order valence-electron chi connectivity index (χ3n) is 4.00. The molecule has 0 spiro atoms. The van der Waals surface area contributed by atoms with Crippen molar-refractivity contribution in [1.82, 2.24) is 4.90 Å². The number of carboxylic acid groups (broad SMARTS) is 1. The predicted molar refractivity (Wildman–Crippen MR) is 73.3 cm³/mol. The van der Waals surface area contributed by atoms with Crippen LogP contribution in [-0.4, -0.2) is 41.6 Å². The number of rotatable bonds is 3. The van der Waals surface area contributed by atoms with Crippen LogP contribution in [0.4, 0.5) is 0 Å². The number of nitrogens with zero attached hydrogens (tertiary/aromatic N) is 1. The summed E-state index contributed by atoms with van der Waals surface area (Å²) >= 11 is 0. The highest BCUT2D eigenvalue weighted by Crippen LogP contribution is 2.41. The van der Waals surface area contributed by atoms with Crippen LogP contribution in [0.25, 0.3) is 0 Å². The summed E-state index contributed by atoms with van der Waals surface area (Å²) in [6, 6.07) is 4.93. The number of fused-ring (bicyclic) bond motifs is 1. The van der Waals surface area contributed by atoms with Crippen molar-refractivity contribution in [3.8, 4) is 11.5 Å². The molecule has 2 aliphatic heterocycles. The Morgan fingerprint density at radius 2 is 2.05 bits per heavy atom. The lowest BCUT2D eigenvalue weighted by molar-refractivity contribution is -0.142. The topological polar surface area (TPSA) is 76.1 Å². The smallest absolute Gasteiger partial charge is 0.309 e. The van der Waals surface area contributed by atoms with E-state index in [2.05, 4.69) is 0 Å². The molecule has 2 heterocycles. The molecule has 2 unspecified atom stereocenters. The van der Waals surface area contributed by atoms with Crippen molar-refractivity contribution in [3.63, 3.8) is 0 Å². The lowest BCUT2D eigenvalue weighted by Crippen LogP contribution is -2.30. The maximum atomic E-state index is 12.0. The number of benzene rings is 1. The minimum atomic E-state index is -0.945. The first-order valence-electron chi connectivity index (χ1n) is 7.03. The lowest BCUT2D eigenvalue weighted by atomic mass is 9.93. The van der Waals surface area contributed by atoms with Gasteiger partial charge in [0.15, 0.2) is 11.5 Å². The number of carbonyl (C=O) groups excluding carboxylic acids is 1. The van der Waals surface area contributed by atoms with Crippen LogP contribution < -0.4 is 9.47 Å². The maximum absolute atomic E-state index is 12.0. The van der Waals surface area contributed by atoms with Crippen LogP contribution in [0.3, 0.4) is 0 Å². The van der Waals surface area contributed by atoms with Crippen LogP contribution in [0.5, 0.6) is 11.5 Å². The van der Waals surface area contributed by atoms with Gasteiger partial charge in [-0.3, -0.25) is 9.59 Å². The zero-order valence-corrected chi connectivity index (χ0v) is 11.7. The number of carboxylic acids is 1. The number of aliphatic carboxylic acids is 1. The zero-order chi connectivity index (χ0) is 15.0. The Morgan fingerprint density at radius 1 is 1.33 bits per heavy atom. The average molecular weight is 291 g/mol. The van der Waals surface area contributed by atoms with Crippen molar-refractivity contribution in [1.29, 1.82) is 0 Å². The van der Waals surface area contributed by atoms with Crippen LogP contribution in [-0.2, 0) is 9.59 Å². The summed E-state index contributed by atoms with van der Waals surface area (Å²) in [5, 5.41) is 9.38. The molecule has 0 aliphatic carbocycles. The molecule has 1 N–H and O–H groups in total. The molecule has 3 rings (SSSR count). The van der Waals surface area contributed by atoms with E-state index in [0.717, 1.165) is 5.56 Å². The molecule has 0 radical (unpaired) electrons. The van der Waals surface area contributed by atoms with Crippen molar-refractivity contribution >= 4 is 11.9 Å². The summed E-state index contributed by atoms with van der Waals surface area (Å²) in [5.41, 5.74) is 0.777. The largest absolute Gasteiger partial charge is 0.486 e. The second kappa shape index (κ2) is 5.27. The van der Waals surface area contributed by atoms with Gasteiger partial charge in [0.05, 0.1) is 12.0 Å². The molecule has 1 fully saturated rings. The van der Waals surface area contributed by atoms with Crippen molar-refractivity contribution in [2.45, 2.75) is 19.4 Å². The third kappa shape index (κ3) is 2.30. The molecular formula is C15H17NO5. The molecule has 1 saturated heterocycles. The minimum absolute atomic E-state index is 0.0439. The van der Waals surface area contributed by atoms with E-state index in [1.165, 1.54) is 0 Å². The molecule has 2 aliphatic rings. The second-order valence-corrected chi connectivity index (χ2v) is 5.18. The number of hydrogen-bond acceptors (Lipinski definition) is 4. The maximum Gasteiger partial charge on any atom is 0.309 e. The van der Waals surface area contributed by atoms with E-state index in [0.29, 0.717) is 31.3 Å². The summed E-state index contributed by atoms with van der Waals surface area (Å²) < 4.78 is 11.0. The van der Waals surface area contributed by atoms with Gasteiger partial charge in [-0.25, -0.2) is 0 Å². The van der Waals surface area contributed by atoms with Crippen molar-refractivity contribution < 1.29 is 24.2 Å². The van der Waals surface area contributed by atoms with E-state index in [-0.39, 0.29) is 12.3 Å². The molecule has 1 aromatic rings. The lowest BCUT2D eigenvalue weighted by Gasteiger charge is -2.27. The first-order valence-corrected chi connectivity index (χ1v) is 7.03. The van der Waals surface area contributed by atoms with Crippen molar-refractivity contribution in [2.24, 2.45) is 5.92 Å². The second-order valence-electron chi connectivity index (χ2n) is 5.18. The molecule has 112 valence electrons.